The molecule has 0 unspecified atom stereocenters. The number of allylic oxidation sites excluding steroid dienone is 1. The van der Waals surface area contributed by atoms with E-state index in [0.717, 1.165) is 10.4 Å². The fraction of sp³-hybridized carbons (Fsp3) is 0.143. The third-order valence-corrected chi connectivity index (χ3v) is 4.19. The van der Waals surface area contributed by atoms with E-state index in [0.29, 0.717) is 11.4 Å². The zero-order chi connectivity index (χ0) is 13.7. The van der Waals surface area contributed by atoms with Crippen LogP contribution in [0.1, 0.15) is 27.0 Å². The highest BCUT2D eigenvalue weighted by molar-refractivity contribution is 7.14. The Morgan fingerprint density at radius 2 is 2.16 bits per heavy atom. The van der Waals surface area contributed by atoms with Crippen molar-refractivity contribution in [2.45, 2.75) is 13.5 Å². The first-order chi connectivity index (χ1) is 9.15. The Bertz CT molecular complexity index is 597. The van der Waals surface area contributed by atoms with Crippen LogP contribution in [0.5, 0.6) is 0 Å². The average molecular weight is 291 g/mol. The molecule has 0 aliphatic rings. The van der Waals surface area contributed by atoms with Crippen LogP contribution in [0.25, 0.3) is 6.08 Å². The summed E-state index contributed by atoms with van der Waals surface area (Å²) in [5.41, 5.74) is 1.04. The van der Waals surface area contributed by atoms with Crippen molar-refractivity contribution in [1.29, 1.82) is 0 Å². The van der Waals surface area contributed by atoms with Crippen LogP contribution in [0.3, 0.4) is 0 Å². The first kappa shape index (κ1) is 13.7. The number of carbonyl (C=O) groups excluding carboxylic acids is 2. The zero-order valence-electron chi connectivity index (χ0n) is 10.4. The normalized spacial score (nSPS) is 10.8. The van der Waals surface area contributed by atoms with Crippen LogP contribution in [0, 0.1) is 0 Å². The molecular weight excluding hydrogens is 278 g/mol. The summed E-state index contributed by atoms with van der Waals surface area (Å²) < 4.78 is 0. The van der Waals surface area contributed by atoms with Gasteiger partial charge in [0.25, 0.3) is 0 Å². The molecule has 0 saturated heterocycles. The maximum atomic E-state index is 11.9. The van der Waals surface area contributed by atoms with Crippen molar-refractivity contribution in [2.75, 3.05) is 0 Å². The lowest BCUT2D eigenvalue weighted by Crippen LogP contribution is -2.18. The molecule has 98 valence electrons. The lowest BCUT2D eigenvalue weighted by atomic mass is 10.2. The molecule has 3 nitrogen and oxygen atoms in total. The number of hydrogen-bond donors (Lipinski definition) is 1. The van der Waals surface area contributed by atoms with E-state index in [1.54, 1.807) is 23.5 Å². The van der Waals surface area contributed by atoms with E-state index in [9.17, 15) is 9.59 Å². The molecule has 0 bridgehead atoms. The lowest BCUT2D eigenvalue weighted by molar-refractivity contribution is -0.119. The fourth-order valence-electron chi connectivity index (χ4n) is 1.44. The third-order valence-electron chi connectivity index (χ3n) is 2.39. The van der Waals surface area contributed by atoms with Crippen LogP contribution < -0.4 is 5.32 Å². The van der Waals surface area contributed by atoms with Gasteiger partial charge in [0.15, 0.2) is 5.78 Å². The van der Waals surface area contributed by atoms with Gasteiger partial charge in [-0.15, -0.1) is 11.3 Å². The summed E-state index contributed by atoms with van der Waals surface area (Å²) in [6.45, 7) is 1.95. The second-order valence-electron chi connectivity index (χ2n) is 3.93. The monoisotopic (exact) mass is 291 g/mol. The van der Waals surface area contributed by atoms with Crippen molar-refractivity contribution in [1.82, 2.24) is 5.32 Å². The van der Waals surface area contributed by atoms with E-state index in [1.165, 1.54) is 18.3 Å². The summed E-state index contributed by atoms with van der Waals surface area (Å²) in [7, 11) is 0. The zero-order valence-corrected chi connectivity index (χ0v) is 12.0. The molecule has 0 aliphatic heterocycles. The highest BCUT2D eigenvalue weighted by Crippen LogP contribution is 2.18. The highest BCUT2D eigenvalue weighted by atomic mass is 32.1. The van der Waals surface area contributed by atoms with Crippen molar-refractivity contribution in [2.24, 2.45) is 0 Å². The molecule has 19 heavy (non-hydrogen) atoms. The minimum atomic E-state index is -0.0707. The van der Waals surface area contributed by atoms with Gasteiger partial charge in [0.2, 0.25) is 5.91 Å². The maximum Gasteiger partial charge on any atom is 0.217 e. The van der Waals surface area contributed by atoms with Gasteiger partial charge in [-0.3, -0.25) is 9.59 Å². The van der Waals surface area contributed by atoms with Crippen molar-refractivity contribution < 1.29 is 9.59 Å². The first-order valence-electron chi connectivity index (χ1n) is 5.73. The summed E-state index contributed by atoms with van der Waals surface area (Å²) in [4.78, 5) is 24.4. The molecule has 0 atom stereocenters. The van der Waals surface area contributed by atoms with E-state index in [1.807, 2.05) is 29.0 Å². The SMILES string of the molecule is CC(=O)NCc1ccc(C(=O)/C=C/c2ccsc2)s1. The predicted molar refractivity (Wildman–Crippen MR) is 79.5 cm³/mol. The standard InChI is InChI=1S/C14H13NO2S2/c1-10(16)15-8-12-3-5-14(19-12)13(17)4-2-11-6-7-18-9-11/h2-7,9H,8H2,1H3,(H,15,16)/b4-2+. The molecule has 0 radical (unpaired) electrons. The summed E-state index contributed by atoms with van der Waals surface area (Å²) in [6, 6.07) is 5.62. The maximum absolute atomic E-state index is 11.9. The molecule has 0 spiro atoms. The van der Waals surface area contributed by atoms with Crippen molar-refractivity contribution in [3.63, 3.8) is 0 Å². The number of thiophene rings is 2. The molecular formula is C14H13NO2S2. The first-order valence-corrected chi connectivity index (χ1v) is 7.49. The molecule has 0 fully saturated rings. The summed E-state index contributed by atoms with van der Waals surface area (Å²) in [5.74, 6) is -0.0797. The van der Waals surface area contributed by atoms with E-state index in [-0.39, 0.29) is 11.7 Å². The third kappa shape index (κ3) is 4.15. The quantitative estimate of drug-likeness (QED) is 0.678. The molecule has 2 rings (SSSR count). The van der Waals surface area contributed by atoms with Gasteiger partial charge in [0.1, 0.15) is 0 Å². The van der Waals surface area contributed by atoms with Crippen molar-refractivity contribution in [3.8, 4) is 0 Å². The highest BCUT2D eigenvalue weighted by Gasteiger charge is 2.06. The van der Waals surface area contributed by atoms with Crippen LogP contribution in [0.4, 0.5) is 0 Å². The van der Waals surface area contributed by atoms with Crippen LogP contribution >= 0.6 is 22.7 Å². The molecule has 5 heteroatoms. The number of amides is 1. The Labute approximate surface area is 119 Å². The van der Waals surface area contributed by atoms with Crippen LogP contribution in [-0.2, 0) is 11.3 Å². The van der Waals surface area contributed by atoms with Gasteiger partial charge < -0.3 is 5.32 Å². The molecule has 0 saturated carbocycles. The molecule has 0 aromatic carbocycles. The molecule has 1 amide bonds. The summed E-state index contributed by atoms with van der Waals surface area (Å²) >= 11 is 3.01. The second-order valence-corrected chi connectivity index (χ2v) is 5.88. The number of nitrogens with one attached hydrogen (secondary N) is 1. The Morgan fingerprint density at radius 3 is 2.84 bits per heavy atom. The Morgan fingerprint density at radius 1 is 1.32 bits per heavy atom. The number of hydrogen-bond acceptors (Lipinski definition) is 4. The minimum absolute atomic E-state index is 0.00900. The smallest absolute Gasteiger partial charge is 0.217 e. The molecule has 2 aromatic heterocycles. The van der Waals surface area contributed by atoms with Gasteiger partial charge >= 0.3 is 0 Å². The molecule has 2 aromatic rings. The molecule has 1 N–H and O–H groups in total. The number of rotatable bonds is 5. The van der Waals surface area contributed by atoms with Crippen LogP contribution in [0.2, 0.25) is 0 Å². The average Bonchev–Trinajstić information content (AvgIpc) is 3.04. The Hall–Kier alpha value is -1.72. The van der Waals surface area contributed by atoms with E-state index in [4.69, 9.17) is 0 Å². The van der Waals surface area contributed by atoms with E-state index < -0.39 is 0 Å². The number of carbonyl (C=O) groups is 2. The van der Waals surface area contributed by atoms with Gasteiger partial charge in [-0.2, -0.15) is 11.3 Å². The fourth-order valence-corrected chi connectivity index (χ4v) is 2.94. The lowest BCUT2D eigenvalue weighted by Gasteiger charge is -1.96. The summed E-state index contributed by atoms with van der Waals surface area (Å²) in [6.07, 6.45) is 3.39. The van der Waals surface area contributed by atoms with E-state index >= 15 is 0 Å². The van der Waals surface area contributed by atoms with Gasteiger partial charge in [0.05, 0.1) is 11.4 Å². The molecule has 2 heterocycles. The van der Waals surface area contributed by atoms with Gasteiger partial charge in [-0.1, -0.05) is 6.08 Å². The van der Waals surface area contributed by atoms with Crippen LogP contribution in [-0.4, -0.2) is 11.7 Å². The largest absolute Gasteiger partial charge is 0.351 e. The van der Waals surface area contributed by atoms with Crippen molar-refractivity contribution >= 4 is 40.4 Å². The van der Waals surface area contributed by atoms with Crippen molar-refractivity contribution in [3.05, 3.63) is 50.4 Å². The van der Waals surface area contributed by atoms with Gasteiger partial charge in [-0.25, -0.2) is 0 Å². The molecule has 0 aliphatic carbocycles. The van der Waals surface area contributed by atoms with Gasteiger partial charge in [-0.05, 0) is 40.6 Å². The van der Waals surface area contributed by atoms with Gasteiger partial charge in [0, 0.05) is 11.8 Å². The second kappa shape index (κ2) is 6.45. The van der Waals surface area contributed by atoms with E-state index in [2.05, 4.69) is 5.32 Å². The number of ketones is 1. The summed E-state index contributed by atoms with van der Waals surface area (Å²) in [5, 5.41) is 6.67. The Kier molecular flexibility index (Phi) is 4.65. The van der Waals surface area contributed by atoms with Crippen LogP contribution in [0.15, 0.2) is 35.0 Å². The minimum Gasteiger partial charge on any atom is -0.351 e. The Balaban J connectivity index is 1.98. The predicted octanol–water partition coefficient (Wildman–Crippen LogP) is 3.34. The topological polar surface area (TPSA) is 46.2 Å².